The molecule has 0 aliphatic carbocycles. The molecule has 32 heavy (non-hydrogen) atoms. The van der Waals surface area contributed by atoms with E-state index < -0.39 is 35.5 Å². The number of likely N-dealkylation sites (N-methyl/N-ethyl adjacent to an activating group) is 1. The topological polar surface area (TPSA) is 78.5 Å². The predicted octanol–water partition coefficient (Wildman–Crippen LogP) is 2.44. The monoisotopic (exact) mass is 441 g/mol. The number of carbonyl (C=O) groups excluding carboxylic acids is 3. The van der Waals surface area contributed by atoms with Crippen molar-refractivity contribution in [3.05, 3.63) is 77.4 Å². The summed E-state index contributed by atoms with van der Waals surface area (Å²) in [6, 6.07) is 10.6. The molecule has 0 fully saturated rings. The summed E-state index contributed by atoms with van der Waals surface area (Å²) in [6.07, 6.45) is 2.10. The maximum Gasteiger partial charge on any atom is 0.248 e. The van der Waals surface area contributed by atoms with Crippen molar-refractivity contribution in [1.82, 2.24) is 15.5 Å². The van der Waals surface area contributed by atoms with Crippen LogP contribution in [-0.4, -0.2) is 48.3 Å². The Hall–Kier alpha value is -3.55. The van der Waals surface area contributed by atoms with Crippen molar-refractivity contribution in [3.63, 3.8) is 0 Å². The van der Waals surface area contributed by atoms with Crippen molar-refractivity contribution in [2.75, 3.05) is 13.6 Å². The van der Waals surface area contributed by atoms with Crippen LogP contribution < -0.4 is 10.6 Å². The van der Waals surface area contributed by atoms with Crippen LogP contribution in [0.4, 0.5) is 8.78 Å². The normalized spacial score (nSPS) is 17.2. The van der Waals surface area contributed by atoms with Gasteiger partial charge >= 0.3 is 0 Å². The molecule has 0 radical (unpaired) electrons. The zero-order valence-corrected chi connectivity index (χ0v) is 17.9. The number of halogens is 2. The number of hydrogen-bond donors (Lipinski definition) is 2. The summed E-state index contributed by atoms with van der Waals surface area (Å²) in [6.45, 7) is 1.99. The highest BCUT2D eigenvalue weighted by atomic mass is 19.1. The number of carbonyl (C=O) groups is 3. The summed E-state index contributed by atoms with van der Waals surface area (Å²) in [5.74, 6) is -2.92. The van der Waals surface area contributed by atoms with Crippen LogP contribution in [0.5, 0.6) is 0 Å². The summed E-state index contributed by atoms with van der Waals surface area (Å²) in [7, 11) is 1.67. The maximum absolute atomic E-state index is 13.3. The quantitative estimate of drug-likeness (QED) is 0.723. The SMILES string of the molecule is C[C@H](NC(=O)Cc1cc(F)cc(F)c1)C(=O)N[C@H]1C=C(c2ccccc2)CCN(C)C1=O. The van der Waals surface area contributed by atoms with Gasteiger partial charge in [0.25, 0.3) is 0 Å². The standard InChI is InChI=1S/C24H25F2N3O3/c1-15(27-22(30)12-16-10-19(25)14-20(26)11-16)23(31)28-21-13-18(8-9-29(2)24(21)32)17-6-4-3-5-7-17/h3-7,10-11,13-15,21H,8-9,12H2,1-2H3,(H,27,30)(H,28,31)/t15-,21-/m0/s1. The molecule has 2 atom stereocenters. The van der Waals surface area contributed by atoms with E-state index in [-0.39, 0.29) is 17.9 Å². The molecule has 2 aromatic carbocycles. The van der Waals surface area contributed by atoms with E-state index in [1.54, 1.807) is 18.0 Å². The predicted molar refractivity (Wildman–Crippen MR) is 116 cm³/mol. The van der Waals surface area contributed by atoms with Crippen molar-refractivity contribution in [1.29, 1.82) is 0 Å². The second-order valence-electron chi connectivity index (χ2n) is 7.80. The average Bonchev–Trinajstić information content (AvgIpc) is 2.87. The molecule has 3 amide bonds. The van der Waals surface area contributed by atoms with E-state index >= 15 is 0 Å². The van der Waals surface area contributed by atoms with Crippen molar-refractivity contribution in [2.24, 2.45) is 0 Å². The minimum Gasteiger partial charge on any atom is -0.344 e. The number of rotatable bonds is 6. The molecule has 0 bridgehead atoms. The molecule has 0 spiro atoms. The smallest absolute Gasteiger partial charge is 0.248 e. The molecule has 8 heteroatoms. The van der Waals surface area contributed by atoms with E-state index in [9.17, 15) is 23.2 Å². The molecular formula is C24H25F2N3O3. The van der Waals surface area contributed by atoms with E-state index in [0.29, 0.717) is 13.0 Å². The van der Waals surface area contributed by atoms with Crippen LogP contribution in [0, 0.1) is 11.6 Å². The fourth-order valence-corrected chi connectivity index (χ4v) is 3.52. The molecule has 168 valence electrons. The van der Waals surface area contributed by atoms with Crippen molar-refractivity contribution < 1.29 is 23.2 Å². The number of nitrogens with one attached hydrogen (secondary N) is 2. The minimum absolute atomic E-state index is 0.156. The lowest BCUT2D eigenvalue weighted by atomic mass is 10.0. The van der Waals surface area contributed by atoms with Gasteiger partial charge in [-0.3, -0.25) is 14.4 Å². The highest BCUT2D eigenvalue weighted by molar-refractivity contribution is 5.94. The lowest BCUT2D eigenvalue weighted by Crippen LogP contribution is -2.52. The van der Waals surface area contributed by atoms with E-state index in [2.05, 4.69) is 10.6 Å². The number of nitrogens with zero attached hydrogens (tertiary/aromatic N) is 1. The molecule has 6 nitrogen and oxygen atoms in total. The molecule has 0 saturated heterocycles. The van der Waals surface area contributed by atoms with Gasteiger partial charge in [-0.05, 0) is 48.3 Å². The van der Waals surface area contributed by atoms with Gasteiger partial charge < -0.3 is 15.5 Å². The summed E-state index contributed by atoms with van der Waals surface area (Å²) in [5.41, 5.74) is 2.07. The molecule has 0 aromatic heterocycles. The number of benzene rings is 2. The Morgan fingerprint density at radius 2 is 1.78 bits per heavy atom. The first-order valence-corrected chi connectivity index (χ1v) is 10.3. The summed E-state index contributed by atoms with van der Waals surface area (Å²) >= 11 is 0. The molecule has 1 heterocycles. The molecule has 1 aliphatic rings. The van der Waals surface area contributed by atoms with Gasteiger partial charge in [0.05, 0.1) is 6.42 Å². The van der Waals surface area contributed by atoms with Crippen LogP contribution >= 0.6 is 0 Å². The third kappa shape index (κ3) is 6.00. The van der Waals surface area contributed by atoms with Crippen LogP contribution in [0.2, 0.25) is 0 Å². The van der Waals surface area contributed by atoms with Gasteiger partial charge in [0.1, 0.15) is 23.7 Å². The van der Waals surface area contributed by atoms with Crippen LogP contribution in [0.25, 0.3) is 5.57 Å². The second kappa shape index (κ2) is 10.2. The van der Waals surface area contributed by atoms with Crippen molar-refractivity contribution in [3.8, 4) is 0 Å². The third-order valence-corrected chi connectivity index (χ3v) is 5.23. The second-order valence-corrected chi connectivity index (χ2v) is 7.80. The fourth-order valence-electron chi connectivity index (χ4n) is 3.52. The number of amides is 3. The van der Waals surface area contributed by atoms with E-state index in [1.165, 1.54) is 6.92 Å². The Kier molecular flexibility index (Phi) is 7.35. The first kappa shape index (κ1) is 23.1. The Morgan fingerprint density at radius 3 is 2.44 bits per heavy atom. The Bertz CT molecular complexity index is 1020. The first-order valence-electron chi connectivity index (χ1n) is 10.3. The molecular weight excluding hydrogens is 416 g/mol. The zero-order chi connectivity index (χ0) is 23.3. The van der Waals surface area contributed by atoms with Crippen LogP contribution in [0.15, 0.2) is 54.6 Å². The Morgan fingerprint density at radius 1 is 1.12 bits per heavy atom. The Labute approximate surface area is 185 Å². The lowest BCUT2D eigenvalue weighted by molar-refractivity contribution is -0.134. The lowest BCUT2D eigenvalue weighted by Gasteiger charge is -2.22. The minimum atomic E-state index is -0.948. The van der Waals surface area contributed by atoms with Gasteiger partial charge in [-0.15, -0.1) is 0 Å². The Balaban J connectivity index is 1.66. The van der Waals surface area contributed by atoms with Crippen LogP contribution in [0.1, 0.15) is 24.5 Å². The average molecular weight is 441 g/mol. The van der Waals surface area contributed by atoms with Gasteiger partial charge in [-0.25, -0.2) is 8.78 Å². The highest BCUT2D eigenvalue weighted by Crippen LogP contribution is 2.22. The summed E-state index contributed by atoms with van der Waals surface area (Å²) in [5, 5.41) is 5.18. The zero-order valence-electron chi connectivity index (χ0n) is 17.9. The van der Waals surface area contributed by atoms with E-state index in [4.69, 9.17) is 0 Å². The summed E-state index contributed by atoms with van der Waals surface area (Å²) < 4.78 is 26.6. The van der Waals surface area contributed by atoms with Gasteiger partial charge in [0.15, 0.2) is 0 Å². The van der Waals surface area contributed by atoms with Crippen molar-refractivity contribution >= 4 is 23.3 Å². The van der Waals surface area contributed by atoms with Crippen molar-refractivity contribution in [2.45, 2.75) is 31.8 Å². The molecule has 0 saturated carbocycles. The maximum atomic E-state index is 13.3. The van der Waals surface area contributed by atoms with E-state index in [0.717, 1.165) is 29.3 Å². The molecule has 0 unspecified atom stereocenters. The van der Waals surface area contributed by atoms with Gasteiger partial charge in [0.2, 0.25) is 17.7 Å². The molecule has 2 N–H and O–H groups in total. The third-order valence-electron chi connectivity index (χ3n) is 5.23. The highest BCUT2D eigenvalue weighted by Gasteiger charge is 2.28. The van der Waals surface area contributed by atoms with Gasteiger partial charge in [-0.2, -0.15) is 0 Å². The van der Waals surface area contributed by atoms with Crippen LogP contribution in [-0.2, 0) is 20.8 Å². The number of hydrogen-bond acceptors (Lipinski definition) is 3. The largest absolute Gasteiger partial charge is 0.344 e. The first-order chi connectivity index (χ1) is 15.2. The van der Waals surface area contributed by atoms with Gasteiger partial charge in [0, 0.05) is 19.7 Å². The fraction of sp³-hybridized carbons (Fsp3) is 0.292. The molecule has 1 aliphatic heterocycles. The van der Waals surface area contributed by atoms with Crippen LogP contribution in [0.3, 0.4) is 0 Å². The summed E-state index contributed by atoms with van der Waals surface area (Å²) in [4.78, 5) is 39.2. The van der Waals surface area contributed by atoms with Gasteiger partial charge in [-0.1, -0.05) is 30.3 Å². The van der Waals surface area contributed by atoms with E-state index in [1.807, 2.05) is 30.3 Å². The molecule has 2 aromatic rings. The molecule has 3 rings (SSSR count).